The van der Waals surface area contributed by atoms with Gasteiger partial charge < -0.3 is 14.8 Å². The van der Waals surface area contributed by atoms with Gasteiger partial charge in [-0.15, -0.1) is 0 Å². The van der Waals surface area contributed by atoms with Gasteiger partial charge >= 0.3 is 0 Å². The summed E-state index contributed by atoms with van der Waals surface area (Å²) >= 11 is 0. The lowest BCUT2D eigenvalue weighted by molar-refractivity contribution is 0.0465. The Labute approximate surface area is 92.8 Å². The third kappa shape index (κ3) is 3.50. The number of hydrogen-bond donors (Lipinski definition) is 1. The highest BCUT2D eigenvalue weighted by molar-refractivity contribution is 5.08. The molecule has 0 aromatic heterocycles. The minimum atomic E-state index is 0.204. The van der Waals surface area contributed by atoms with Gasteiger partial charge in [0, 0.05) is 7.11 Å². The molecule has 88 valence electrons. The first-order chi connectivity index (χ1) is 7.33. The van der Waals surface area contributed by atoms with Crippen molar-refractivity contribution < 1.29 is 9.47 Å². The summed E-state index contributed by atoms with van der Waals surface area (Å²) in [5.74, 6) is 1.06. The van der Waals surface area contributed by atoms with Gasteiger partial charge in [0.15, 0.2) is 0 Å². The number of rotatable bonds is 6. The third-order valence-corrected chi connectivity index (χ3v) is 2.83. The quantitative estimate of drug-likeness (QED) is 0.733. The molecular formula is C12H23NO2. The Morgan fingerprint density at radius 2 is 2.40 bits per heavy atom. The number of ether oxygens (including phenoxy) is 2. The first-order valence-corrected chi connectivity index (χ1v) is 5.86. The Balaban J connectivity index is 2.62. The largest absolute Gasteiger partial charge is 0.496 e. The van der Waals surface area contributed by atoms with Crippen LogP contribution >= 0.6 is 0 Å². The maximum atomic E-state index is 5.68. The predicted octanol–water partition coefficient (Wildman–Crippen LogP) is 2.08. The molecule has 2 atom stereocenters. The highest BCUT2D eigenvalue weighted by Crippen LogP contribution is 2.19. The topological polar surface area (TPSA) is 30.5 Å². The van der Waals surface area contributed by atoms with Crippen LogP contribution in [0.2, 0.25) is 0 Å². The van der Waals surface area contributed by atoms with Crippen LogP contribution < -0.4 is 5.32 Å². The Kier molecular flexibility index (Phi) is 5.73. The molecular weight excluding hydrogens is 190 g/mol. The molecule has 0 aromatic rings. The molecule has 0 saturated heterocycles. The summed E-state index contributed by atoms with van der Waals surface area (Å²) in [6.45, 7) is 3.02. The number of hydrogen-bond acceptors (Lipinski definition) is 3. The van der Waals surface area contributed by atoms with Gasteiger partial charge in [0.25, 0.3) is 0 Å². The van der Waals surface area contributed by atoms with Crippen LogP contribution in [-0.4, -0.2) is 32.9 Å². The van der Waals surface area contributed by atoms with Crippen molar-refractivity contribution in [3.8, 4) is 0 Å². The maximum absolute atomic E-state index is 5.68. The Morgan fingerprint density at radius 1 is 1.60 bits per heavy atom. The van der Waals surface area contributed by atoms with Crippen molar-refractivity contribution in [1.29, 1.82) is 0 Å². The fraction of sp³-hybridized carbons (Fsp3) is 0.833. The van der Waals surface area contributed by atoms with E-state index in [1.54, 1.807) is 7.11 Å². The molecule has 1 N–H and O–H groups in total. The van der Waals surface area contributed by atoms with Crippen molar-refractivity contribution >= 4 is 0 Å². The van der Waals surface area contributed by atoms with Gasteiger partial charge in [-0.2, -0.15) is 0 Å². The summed E-state index contributed by atoms with van der Waals surface area (Å²) in [5.41, 5.74) is 0. The highest BCUT2D eigenvalue weighted by Gasteiger charge is 2.25. The molecule has 0 amide bonds. The van der Waals surface area contributed by atoms with Crippen LogP contribution in [0, 0.1) is 0 Å². The number of allylic oxidation sites excluding steroid dienone is 1. The van der Waals surface area contributed by atoms with Gasteiger partial charge in [-0.3, -0.25) is 0 Å². The molecule has 0 aromatic carbocycles. The average Bonchev–Trinajstić information content (AvgIpc) is 2.30. The van der Waals surface area contributed by atoms with Crippen molar-refractivity contribution in [2.45, 2.75) is 44.8 Å². The van der Waals surface area contributed by atoms with Crippen LogP contribution in [0.5, 0.6) is 0 Å². The molecule has 3 heteroatoms. The van der Waals surface area contributed by atoms with Crippen LogP contribution in [0.15, 0.2) is 11.8 Å². The molecule has 0 fully saturated rings. The molecule has 1 heterocycles. The first kappa shape index (κ1) is 12.5. The number of likely N-dealkylation sites (N-methyl/N-ethyl adjacent to an activating group) is 1. The monoisotopic (exact) mass is 213 g/mol. The van der Waals surface area contributed by atoms with E-state index in [1.807, 2.05) is 7.05 Å². The van der Waals surface area contributed by atoms with Gasteiger partial charge in [0.2, 0.25) is 0 Å². The number of nitrogens with one attached hydrogen (secondary N) is 1. The predicted molar refractivity (Wildman–Crippen MR) is 61.8 cm³/mol. The zero-order valence-corrected chi connectivity index (χ0v) is 10.1. The van der Waals surface area contributed by atoms with Gasteiger partial charge in [-0.05, 0) is 32.4 Å². The maximum Gasteiger partial charge on any atom is 0.112 e. The first-order valence-electron chi connectivity index (χ1n) is 5.86. The second-order valence-electron chi connectivity index (χ2n) is 3.93. The van der Waals surface area contributed by atoms with Crippen molar-refractivity contribution in [2.24, 2.45) is 0 Å². The van der Waals surface area contributed by atoms with E-state index < -0.39 is 0 Å². The molecule has 15 heavy (non-hydrogen) atoms. The minimum Gasteiger partial charge on any atom is -0.496 e. The molecule has 0 saturated carbocycles. The van der Waals surface area contributed by atoms with E-state index >= 15 is 0 Å². The van der Waals surface area contributed by atoms with Gasteiger partial charge in [-0.25, -0.2) is 0 Å². The second-order valence-corrected chi connectivity index (χ2v) is 3.93. The van der Waals surface area contributed by atoms with Crippen LogP contribution in [0.4, 0.5) is 0 Å². The van der Waals surface area contributed by atoms with Crippen molar-refractivity contribution in [3.05, 3.63) is 11.8 Å². The smallest absolute Gasteiger partial charge is 0.112 e. The van der Waals surface area contributed by atoms with E-state index in [0.717, 1.165) is 38.0 Å². The zero-order valence-electron chi connectivity index (χ0n) is 10.1. The lowest BCUT2D eigenvalue weighted by atomic mass is 10.0. The Bertz CT molecular complexity index is 204. The minimum absolute atomic E-state index is 0.204. The molecule has 0 aliphatic carbocycles. The molecule has 0 radical (unpaired) electrons. The van der Waals surface area contributed by atoms with Gasteiger partial charge in [0.05, 0.1) is 18.8 Å². The lowest BCUT2D eigenvalue weighted by Crippen LogP contribution is -2.41. The van der Waals surface area contributed by atoms with Crippen LogP contribution in [-0.2, 0) is 9.47 Å². The molecule has 1 aliphatic heterocycles. The van der Waals surface area contributed by atoms with Crippen molar-refractivity contribution in [1.82, 2.24) is 5.32 Å². The summed E-state index contributed by atoms with van der Waals surface area (Å²) < 4.78 is 11.2. The van der Waals surface area contributed by atoms with Crippen LogP contribution in [0.25, 0.3) is 0 Å². The molecule has 1 rings (SSSR count). The van der Waals surface area contributed by atoms with E-state index in [-0.39, 0.29) is 12.1 Å². The molecule has 0 spiro atoms. The molecule has 3 nitrogen and oxygen atoms in total. The van der Waals surface area contributed by atoms with Crippen molar-refractivity contribution in [2.75, 3.05) is 20.8 Å². The van der Waals surface area contributed by atoms with E-state index in [0.29, 0.717) is 0 Å². The Hall–Kier alpha value is -0.540. The SMILES string of the molecule is CCCC(OC)C(NC)C1=CCCCO1. The molecule has 0 bridgehead atoms. The van der Waals surface area contributed by atoms with E-state index in [1.165, 1.54) is 0 Å². The summed E-state index contributed by atoms with van der Waals surface area (Å²) in [4.78, 5) is 0. The summed E-state index contributed by atoms with van der Waals surface area (Å²) in [5, 5.41) is 3.29. The Morgan fingerprint density at radius 3 is 2.87 bits per heavy atom. The highest BCUT2D eigenvalue weighted by atomic mass is 16.5. The zero-order chi connectivity index (χ0) is 11.1. The van der Waals surface area contributed by atoms with Gasteiger partial charge in [-0.1, -0.05) is 13.3 Å². The normalized spacial score (nSPS) is 20.3. The fourth-order valence-corrected chi connectivity index (χ4v) is 2.01. The third-order valence-electron chi connectivity index (χ3n) is 2.83. The van der Waals surface area contributed by atoms with E-state index in [2.05, 4.69) is 18.3 Å². The summed E-state index contributed by atoms with van der Waals surface area (Å²) in [6.07, 6.45) is 6.84. The summed E-state index contributed by atoms with van der Waals surface area (Å²) in [7, 11) is 3.74. The van der Waals surface area contributed by atoms with Gasteiger partial charge in [0.1, 0.15) is 5.76 Å². The lowest BCUT2D eigenvalue weighted by Gasteiger charge is -2.29. The fourth-order valence-electron chi connectivity index (χ4n) is 2.01. The van der Waals surface area contributed by atoms with Crippen molar-refractivity contribution in [3.63, 3.8) is 0 Å². The average molecular weight is 213 g/mol. The van der Waals surface area contributed by atoms with E-state index in [4.69, 9.17) is 9.47 Å². The summed E-state index contributed by atoms with van der Waals surface area (Å²) in [6, 6.07) is 0.204. The van der Waals surface area contributed by atoms with E-state index in [9.17, 15) is 0 Å². The standard InChI is InChI=1S/C12H23NO2/c1-4-7-10(14-3)12(13-2)11-8-5-6-9-15-11/h8,10,12-13H,4-7,9H2,1-3H3. The molecule has 2 unspecified atom stereocenters. The molecule has 1 aliphatic rings. The van der Waals surface area contributed by atoms with Crippen LogP contribution in [0.3, 0.4) is 0 Å². The second kappa shape index (κ2) is 6.85. The number of methoxy groups -OCH3 is 1. The van der Waals surface area contributed by atoms with Crippen LogP contribution in [0.1, 0.15) is 32.6 Å².